The maximum absolute atomic E-state index is 11.8. The number of piperidine rings is 1. The monoisotopic (exact) mass is 269 g/mol. The van der Waals surface area contributed by atoms with Crippen LogP contribution in [-0.4, -0.2) is 50.1 Å². The summed E-state index contributed by atoms with van der Waals surface area (Å²) in [6.07, 6.45) is 3.70. The minimum Gasteiger partial charge on any atom is -0.355 e. The molecule has 0 radical (unpaired) electrons. The van der Waals surface area contributed by atoms with Gasteiger partial charge in [-0.25, -0.2) is 0 Å². The molecule has 1 heterocycles. The van der Waals surface area contributed by atoms with Gasteiger partial charge in [0, 0.05) is 13.1 Å². The average molecular weight is 269 g/mol. The Kier molecular flexibility index (Phi) is 8.07. The highest BCUT2D eigenvalue weighted by atomic mass is 16.2. The summed E-state index contributed by atoms with van der Waals surface area (Å²) in [5, 5.41) is 6.49. The van der Waals surface area contributed by atoms with Crippen LogP contribution in [0, 0.1) is 11.8 Å². The van der Waals surface area contributed by atoms with Gasteiger partial charge in [-0.05, 0) is 50.7 Å². The molecule has 112 valence electrons. The molecule has 0 spiro atoms. The van der Waals surface area contributed by atoms with E-state index in [-0.39, 0.29) is 5.91 Å². The largest absolute Gasteiger partial charge is 0.355 e. The number of amides is 1. The first-order valence-corrected chi connectivity index (χ1v) is 7.81. The summed E-state index contributed by atoms with van der Waals surface area (Å²) in [7, 11) is 0. The Bertz CT molecular complexity index is 256. The summed E-state index contributed by atoms with van der Waals surface area (Å²) in [6, 6.07) is 0. The van der Waals surface area contributed by atoms with Gasteiger partial charge in [0.1, 0.15) is 0 Å². The van der Waals surface area contributed by atoms with E-state index in [1.807, 2.05) is 0 Å². The topological polar surface area (TPSA) is 44.4 Å². The van der Waals surface area contributed by atoms with Crippen LogP contribution in [0.5, 0.6) is 0 Å². The quantitative estimate of drug-likeness (QED) is 0.656. The lowest BCUT2D eigenvalue weighted by molar-refractivity contribution is -0.122. The van der Waals surface area contributed by atoms with E-state index in [1.54, 1.807) is 0 Å². The van der Waals surface area contributed by atoms with Crippen LogP contribution in [0.25, 0.3) is 0 Å². The van der Waals surface area contributed by atoms with E-state index >= 15 is 0 Å². The van der Waals surface area contributed by atoms with Gasteiger partial charge >= 0.3 is 0 Å². The Labute approximate surface area is 118 Å². The molecule has 0 aliphatic carbocycles. The number of rotatable bonds is 8. The third kappa shape index (κ3) is 7.53. The molecule has 1 atom stereocenters. The van der Waals surface area contributed by atoms with Crippen LogP contribution < -0.4 is 10.6 Å². The van der Waals surface area contributed by atoms with E-state index < -0.39 is 0 Å². The normalized spacial score (nSPS) is 20.7. The molecule has 1 amide bonds. The van der Waals surface area contributed by atoms with E-state index in [9.17, 15) is 4.79 Å². The molecule has 4 nitrogen and oxygen atoms in total. The first-order chi connectivity index (χ1) is 9.11. The second-order valence-corrected chi connectivity index (χ2v) is 6.15. The highest BCUT2D eigenvalue weighted by molar-refractivity contribution is 5.78. The van der Waals surface area contributed by atoms with Gasteiger partial charge in [0.25, 0.3) is 0 Å². The molecule has 0 bridgehead atoms. The molecule has 2 N–H and O–H groups in total. The van der Waals surface area contributed by atoms with Crippen molar-refractivity contribution in [1.29, 1.82) is 0 Å². The predicted octanol–water partition coefficient (Wildman–Crippen LogP) is 1.47. The Morgan fingerprint density at radius 2 is 2.21 bits per heavy atom. The Morgan fingerprint density at radius 1 is 1.42 bits per heavy atom. The molecule has 0 aromatic heterocycles. The van der Waals surface area contributed by atoms with Crippen molar-refractivity contribution in [2.75, 3.05) is 39.3 Å². The molecule has 1 unspecified atom stereocenters. The zero-order valence-corrected chi connectivity index (χ0v) is 12.9. The van der Waals surface area contributed by atoms with Gasteiger partial charge in [-0.2, -0.15) is 0 Å². The zero-order valence-electron chi connectivity index (χ0n) is 12.9. The molecule has 1 rings (SSSR count). The molecule has 0 aromatic carbocycles. The van der Waals surface area contributed by atoms with Crippen molar-refractivity contribution in [3.63, 3.8) is 0 Å². The highest BCUT2D eigenvalue weighted by Gasteiger charge is 2.21. The van der Waals surface area contributed by atoms with E-state index in [1.165, 1.54) is 19.3 Å². The van der Waals surface area contributed by atoms with Crippen molar-refractivity contribution in [2.24, 2.45) is 11.8 Å². The van der Waals surface area contributed by atoms with Crippen molar-refractivity contribution in [3.8, 4) is 0 Å². The molecule has 0 saturated carbocycles. The molecule has 1 aliphatic rings. The fourth-order valence-corrected chi connectivity index (χ4v) is 2.52. The number of hydrogen-bond donors (Lipinski definition) is 2. The molecular formula is C15H31N3O. The smallest absolute Gasteiger partial charge is 0.234 e. The summed E-state index contributed by atoms with van der Waals surface area (Å²) < 4.78 is 0. The average Bonchev–Trinajstić information content (AvgIpc) is 2.37. The molecule has 0 aromatic rings. The van der Waals surface area contributed by atoms with Crippen LogP contribution in [0.4, 0.5) is 0 Å². The maximum atomic E-state index is 11.8. The van der Waals surface area contributed by atoms with Crippen LogP contribution in [0.3, 0.4) is 0 Å². The lowest BCUT2D eigenvalue weighted by Gasteiger charge is -2.32. The van der Waals surface area contributed by atoms with Crippen molar-refractivity contribution >= 4 is 5.91 Å². The third-order valence-corrected chi connectivity index (χ3v) is 3.54. The first-order valence-electron chi connectivity index (χ1n) is 7.81. The van der Waals surface area contributed by atoms with Crippen LogP contribution in [-0.2, 0) is 4.79 Å². The number of likely N-dealkylation sites (tertiary alicyclic amines) is 1. The Balaban J connectivity index is 2.20. The van der Waals surface area contributed by atoms with Crippen LogP contribution in [0.15, 0.2) is 0 Å². The second-order valence-electron chi connectivity index (χ2n) is 6.15. The molecule has 19 heavy (non-hydrogen) atoms. The van der Waals surface area contributed by atoms with E-state index in [0.717, 1.165) is 32.7 Å². The number of nitrogens with zero attached hydrogens (tertiary/aromatic N) is 1. The summed E-state index contributed by atoms with van der Waals surface area (Å²) in [4.78, 5) is 14.1. The van der Waals surface area contributed by atoms with Gasteiger partial charge in [0.15, 0.2) is 0 Å². The third-order valence-electron chi connectivity index (χ3n) is 3.54. The molecule has 1 fully saturated rings. The maximum Gasteiger partial charge on any atom is 0.234 e. The highest BCUT2D eigenvalue weighted by Crippen LogP contribution is 2.15. The van der Waals surface area contributed by atoms with Gasteiger partial charge in [0.2, 0.25) is 5.91 Å². The fraction of sp³-hybridized carbons (Fsp3) is 0.933. The molecule has 1 saturated heterocycles. The Morgan fingerprint density at radius 3 is 2.89 bits per heavy atom. The molecule has 1 aliphatic heterocycles. The standard InChI is InChI=1S/C15H31N3O/c1-4-7-16-10-14-6-5-8-18(11-14)12-15(19)17-9-13(2)3/h13-14,16H,4-12H2,1-3H3,(H,17,19). The number of carbonyl (C=O) groups is 1. The van der Waals surface area contributed by atoms with Gasteiger partial charge < -0.3 is 10.6 Å². The summed E-state index contributed by atoms with van der Waals surface area (Å²) in [6.45, 7) is 12.1. The lowest BCUT2D eigenvalue weighted by Crippen LogP contribution is -2.45. The minimum absolute atomic E-state index is 0.177. The van der Waals surface area contributed by atoms with Crippen LogP contribution >= 0.6 is 0 Å². The van der Waals surface area contributed by atoms with Crippen LogP contribution in [0.2, 0.25) is 0 Å². The summed E-state index contributed by atoms with van der Waals surface area (Å²) >= 11 is 0. The fourth-order valence-electron chi connectivity index (χ4n) is 2.52. The Hall–Kier alpha value is -0.610. The molecular weight excluding hydrogens is 238 g/mol. The second kappa shape index (κ2) is 9.32. The van der Waals surface area contributed by atoms with Gasteiger partial charge in [-0.3, -0.25) is 9.69 Å². The van der Waals surface area contributed by atoms with Crippen molar-refractivity contribution < 1.29 is 4.79 Å². The van der Waals surface area contributed by atoms with Crippen molar-refractivity contribution in [2.45, 2.75) is 40.0 Å². The zero-order chi connectivity index (χ0) is 14.1. The first kappa shape index (κ1) is 16.4. The summed E-state index contributed by atoms with van der Waals surface area (Å²) in [5.74, 6) is 1.41. The molecule has 4 heteroatoms. The number of carbonyl (C=O) groups excluding carboxylic acids is 1. The van der Waals surface area contributed by atoms with Gasteiger partial charge in [-0.1, -0.05) is 20.8 Å². The van der Waals surface area contributed by atoms with Gasteiger partial charge in [0.05, 0.1) is 6.54 Å². The number of hydrogen-bond acceptors (Lipinski definition) is 3. The van der Waals surface area contributed by atoms with Crippen LogP contribution in [0.1, 0.15) is 40.0 Å². The van der Waals surface area contributed by atoms with E-state index in [4.69, 9.17) is 0 Å². The van der Waals surface area contributed by atoms with E-state index in [0.29, 0.717) is 18.4 Å². The lowest BCUT2D eigenvalue weighted by atomic mass is 9.98. The summed E-state index contributed by atoms with van der Waals surface area (Å²) in [5.41, 5.74) is 0. The SMILES string of the molecule is CCCNCC1CCCN(CC(=O)NCC(C)C)C1. The number of nitrogens with one attached hydrogen (secondary N) is 2. The van der Waals surface area contributed by atoms with E-state index in [2.05, 4.69) is 36.3 Å². The van der Waals surface area contributed by atoms with Crippen molar-refractivity contribution in [3.05, 3.63) is 0 Å². The van der Waals surface area contributed by atoms with Gasteiger partial charge in [-0.15, -0.1) is 0 Å². The van der Waals surface area contributed by atoms with Crippen molar-refractivity contribution in [1.82, 2.24) is 15.5 Å². The minimum atomic E-state index is 0.177. The predicted molar refractivity (Wildman–Crippen MR) is 80.2 cm³/mol.